The summed E-state index contributed by atoms with van der Waals surface area (Å²) in [6.07, 6.45) is 0. The smallest absolute Gasteiger partial charge is 0.280 e. The number of aromatic nitrogens is 2. The average molecular weight is 364 g/mol. The molecular formula is C20H20N4O3. The van der Waals surface area contributed by atoms with Gasteiger partial charge in [0.05, 0.1) is 18.7 Å². The molecule has 7 nitrogen and oxygen atoms in total. The van der Waals surface area contributed by atoms with Gasteiger partial charge in [0.1, 0.15) is 0 Å². The SMILES string of the molecule is Cn1nc(C(=O)Nc2ccc(N3CCOCC3)cc2)c(=O)c2ccccc21. The fraction of sp³-hybridized carbons (Fsp3) is 0.250. The second-order valence-corrected chi connectivity index (χ2v) is 6.42. The van der Waals surface area contributed by atoms with Gasteiger partial charge in [-0.3, -0.25) is 14.3 Å². The van der Waals surface area contributed by atoms with Crippen LogP contribution in [0.5, 0.6) is 0 Å². The Morgan fingerprint density at radius 3 is 2.52 bits per heavy atom. The Morgan fingerprint density at radius 2 is 1.78 bits per heavy atom. The molecule has 0 aliphatic carbocycles. The van der Waals surface area contributed by atoms with Crippen LogP contribution < -0.4 is 15.6 Å². The van der Waals surface area contributed by atoms with Crippen molar-refractivity contribution < 1.29 is 9.53 Å². The van der Waals surface area contributed by atoms with Crippen LogP contribution in [-0.2, 0) is 11.8 Å². The van der Waals surface area contributed by atoms with Gasteiger partial charge in [-0.2, -0.15) is 5.10 Å². The Balaban J connectivity index is 1.56. The molecule has 138 valence electrons. The molecule has 0 atom stereocenters. The topological polar surface area (TPSA) is 76.5 Å². The molecule has 2 aromatic carbocycles. The second kappa shape index (κ2) is 7.20. The number of anilines is 2. The van der Waals surface area contributed by atoms with Crippen molar-refractivity contribution in [3.63, 3.8) is 0 Å². The van der Waals surface area contributed by atoms with E-state index in [1.807, 2.05) is 30.3 Å². The molecule has 0 unspecified atom stereocenters. The highest BCUT2D eigenvalue weighted by Gasteiger charge is 2.17. The van der Waals surface area contributed by atoms with Crippen molar-refractivity contribution in [2.75, 3.05) is 36.5 Å². The summed E-state index contributed by atoms with van der Waals surface area (Å²) >= 11 is 0. The molecular weight excluding hydrogens is 344 g/mol. The van der Waals surface area contributed by atoms with Crippen LogP contribution in [0.3, 0.4) is 0 Å². The van der Waals surface area contributed by atoms with Crippen LogP contribution in [0.25, 0.3) is 10.9 Å². The highest BCUT2D eigenvalue weighted by molar-refractivity contribution is 6.04. The summed E-state index contributed by atoms with van der Waals surface area (Å²) < 4.78 is 6.91. The summed E-state index contributed by atoms with van der Waals surface area (Å²) in [5.41, 5.74) is 1.90. The number of hydrogen-bond acceptors (Lipinski definition) is 5. The van der Waals surface area contributed by atoms with E-state index in [1.165, 1.54) is 0 Å². The van der Waals surface area contributed by atoms with Crippen molar-refractivity contribution in [1.29, 1.82) is 0 Å². The Morgan fingerprint density at radius 1 is 1.07 bits per heavy atom. The van der Waals surface area contributed by atoms with Crippen LogP contribution in [0.15, 0.2) is 53.3 Å². The predicted molar refractivity (Wildman–Crippen MR) is 104 cm³/mol. The van der Waals surface area contributed by atoms with Crippen molar-refractivity contribution in [2.24, 2.45) is 7.05 Å². The molecule has 27 heavy (non-hydrogen) atoms. The molecule has 0 spiro atoms. The van der Waals surface area contributed by atoms with Crippen LogP contribution in [0, 0.1) is 0 Å². The van der Waals surface area contributed by atoms with Gasteiger partial charge in [-0.1, -0.05) is 12.1 Å². The number of fused-ring (bicyclic) bond motifs is 1. The number of carbonyl (C=O) groups excluding carboxylic acids is 1. The number of rotatable bonds is 3. The zero-order valence-corrected chi connectivity index (χ0v) is 15.0. The van der Waals surface area contributed by atoms with Crippen LogP contribution in [0.2, 0.25) is 0 Å². The van der Waals surface area contributed by atoms with E-state index in [1.54, 1.807) is 29.9 Å². The normalized spacial score (nSPS) is 14.3. The number of amides is 1. The van der Waals surface area contributed by atoms with Gasteiger partial charge in [-0.05, 0) is 36.4 Å². The third-order valence-corrected chi connectivity index (χ3v) is 4.68. The van der Waals surface area contributed by atoms with E-state index in [2.05, 4.69) is 15.3 Å². The summed E-state index contributed by atoms with van der Waals surface area (Å²) in [5.74, 6) is -0.513. The fourth-order valence-electron chi connectivity index (χ4n) is 3.24. The van der Waals surface area contributed by atoms with E-state index in [0.717, 1.165) is 32.0 Å². The monoisotopic (exact) mass is 364 g/mol. The lowest BCUT2D eigenvalue weighted by atomic mass is 10.2. The predicted octanol–water partition coefficient (Wildman–Crippen LogP) is 2.02. The van der Waals surface area contributed by atoms with Gasteiger partial charge in [0.15, 0.2) is 5.69 Å². The lowest BCUT2D eigenvalue weighted by molar-refractivity contribution is 0.101. The minimum absolute atomic E-state index is 0.117. The molecule has 1 fully saturated rings. The maximum Gasteiger partial charge on any atom is 0.280 e. The van der Waals surface area contributed by atoms with Crippen molar-refractivity contribution in [2.45, 2.75) is 0 Å². The molecule has 1 aromatic heterocycles. The maximum atomic E-state index is 12.6. The number of benzene rings is 2. The molecule has 0 bridgehead atoms. The summed E-state index contributed by atoms with van der Waals surface area (Å²) in [6.45, 7) is 3.14. The van der Waals surface area contributed by atoms with Crippen LogP contribution in [0.1, 0.15) is 10.5 Å². The lowest BCUT2D eigenvalue weighted by Crippen LogP contribution is -2.36. The van der Waals surface area contributed by atoms with E-state index in [9.17, 15) is 9.59 Å². The van der Waals surface area contributed by atoms with Gasteiger partial charge >= 0.3 is 0 Å². The number of aryl methyl sites for hydroxylation is 1. The van der Waals surface area contributed by atoms with Gasteiger partial charge in [0.25, 0.3) is 5.91 Å². The van der Waals surface area contributed by atoms with Crippen LogP contribution in [0.4, 0.5) is 11.4 Å². The summed E-state index contributed by atoms with van der Waals surface area (Å²) in [5, 5.41) is 7.40. The molecule has 3 aromatic rings. The first kappa shape index (κ1) is 17.2. The Labute approximate surface area is 156 Å². The Kier molecular flexibility index (Phi) is 4.60. The van der Waals surface area contributed by atoms with E-state index >= 15 is 0 Å². The van der Waals surface area contributed by atoms with Gasteiger partial charge in [0.2, 0.25) is 5.43 Å². The van der Waals surface area contributed by atoms with Gasteiger partial charge in [0, 0.05) is 36.9 Å². The molecule has 2 heterocycles. The van der Waals surface area contributed by atoms with E-state index in [4.69, 9.17) is 4.74 Å². The maximum absolute atomic E-state index is 12.6. The van der Waals surface area contributed by atoms with Crippen molar-refractivity contribution in [3.8, 4) is 0 Å². The van der Waals surface area contributed by atoms with Crippen molar-refractivity contribution in [1.82, 2.24) is 9.78 Å². The Hall–Kier alpha value is -3.19. The molecule has 1 amide bonds. The van der Waals surface area contributed by atoms with Gasteiger partial charge in [-0.25, -0.2) is 0 Å². The molecule has 0 radical (unpaired) electrons. The number of ether oxygens (including phenoxy) is 1. The number of para-hydroxylation sites is 1. The fourth-order valence-corrected chi connectivity index (χ4v) is 3.24. The minimum atomic E-state index is -0.513. The van der Waals surface area contributed by atoms with Crippen molar-refractivity contribution in [3.05, 3.63) is 64.4 Å². The molecule has 1 aliphatic rings. The summed E-state index contributed by atoms with van der Waals surface area (Å²) in [7, 11) is 1.72. The minimum Gasteiger partial charge on any atom is -0.378 e. The first-order valence-electron chi connectivity index (χ1n) is 8.83. The standard InChI is InChI=1S/C20H20N4O3/c1-23-17-5-3-2-4-16(17)19(25)18(22-23)20(26)21-14-6-8-15(9-7-14)24-10-12-27-13-11-24/h2-9H,10-13H2,1H3,(H,21,26). The number of nitrogens with one attached hydrogen (secondary N) is 1. The van der Waals surface area contributed by atoms with E-state index < -0.39 is 5.91 Å². The third kappa shape index (κ3) is 3.41. The van der Waals surface area contributed by atoms with Crippen molar-refractivity contribution >= 4 is 28.2 Å². The number of nitrogens with zero attached hydrogens (tertiary/aromatic N) is 3. The zero-order chi connectivity index (χ0) is 18.8. The van der Waals surface area contributed by atoms with Gasteiger partial charge < -0.3 is 15.0 Å². The highest BCUT2D eigenvalue weighted by atomic mass is 16.5. The average Bonchev–Trinajstić information content (AvgIpc) is 2.72. The molecule has 7 heteroatoms. The zero-order valence-electron chi connectivity index (χ0n) is 15.0. The highest BCUT2D eigenvalue weighted by Crippen LogP contribution is 2.19. The molecule has 1 N–H and O–H groups in total. The number of hydrogen-bond donors (Lipinski definition) is 1. The number of morpholine rings is 1. The number of carbonyl (C=O) groups is 1. The summed E-state index contributed by atoms with van der Waals surface area (Å²) in [4.78, 5) is 27.5. The molecule has 1 aliphatic heterocycles. The van der Waals surface area contributed by atoms with Crippen LogP contribution >= 0.6 is 0 Å². The van der Waals surface area contributed by atoms with Gasteiger partial charge in [-0.15, -0.1) is 0 Å². The lowest BCUT2D eigenvalue weighted by Gasteiger charge is -2.28. The second-order valence-electron chi connectivity index (χ2n) is 6.42. The summed E-state index contributed by atoms with van der Waals surface area (Å²) in [6, 6.07) is 14.7. The molecule has 0 saturated carbocycles. The van der Waals surface area contributed by atoms with Crippen LogP contribution in [-0.4, -0.2) is 42.0 Å². The first-order chi connectivity index (χ1) is 13.1. The quantitative estimate of drug-likeness (QED) is 0.769. The largest absolute Gasteiger partial charge is 0.378 e. The van der Waals surface area contributed by atoms with E-state index in [0.29, 0.717) is 16.6 Å². The third-order valence-electron chi connectivity index (χ3n) is 4.68. The first-order valence-corrected chi connectivity index (χ1v) is 8.83. The molecule has 4 rings (SSSR count). The van der Waals surface area contributed by atoms with E-state index in [-0.39, 0.29) is 11.1 Å². The Bertz CT molecular complexity index is 1040. The molecule has 1 saturated heterocycles.